The largest absolute Gasteiger partial charge is 0.458 e. The molecule has 108 valence electrons. The van der Waals surface area contributed by atoms with Crippen molar-refractivity contribution in [2.45, 2.75) is 55.6 Å². The molecule has 0 saturated carbocycles. The van der Waals surface area contributed by atoms with Crippen LogP contribution in [0.25, 0.3) is 0 Å². The molecule has 0 radical (unpaired) electrons. The maximum Gasteiger partial charge on any atom is 0.303 e. The van der Waals surface area contributed by atoms with E-state index in [0.29, 0.717) is 0 Å². The molecule has 0 heterocycles. The molecule has 0 unspecified atom stereocenters. The minimum atomic E-state index is -0.245. The Balaban J connectivity index is 0.000000200. The highest BCUT2D eigenvalue weighted by molar-refractivity contribution is 6.22. The second-order valence-corrected chi connectivity index (χ2v) is 5.79. The molecule has 3 nitrogen and oxygen atoms in total. The van der Waals surface area contributed by atoms with E-state index < -0.39 is 0 Å². The fourth-order valence-electron chi connectivity index (χ4n) is 1.84. The van der Waals surface area contributed by atoms with Crippen molar-refractivity contribution in [1.82, 2.24) is 0 Å². The Morgan fingerprint density at radius 2 is 1.63 bits per heavy atom. The molecule has 5 heteroatoms. The first kappa shape index (κ1) is 16.5. The van der Waals surface area contributed by atoms with Gasteiger partial charge in [0.1, 0.15) is 6.10 Å². The summed E-state index contributed by atoms with van der Waals surface area (Å²) in [6.07, 6.45) is 10.5. The van der Waals surface area contributed by atoms with Gasteiger partial charge >= 0.3 is 5.97 Å². The number of allylic oxidation sites excluding steroid dienone is 2. The number of aliphatic hydroxyl groups excluding tert-OH is 1. The van der Waals surface area contributed by atoms with Crippen LogP contribution in [0.1, 0.15) is 32.6 Å². The third kappa shape index (κ3) is 7.61. The van der Waals surface area contributed by atoms with E-state index in [2.05, 4.69) is 0 Å². The Hall–Kier alpha value is -0.510. The molecule has 0 aromatic carbocycles. The van der Waals surface area contributed by atoms with E-state index in [1.54, 1.807) is 6.08 Å². The molecule has 0 aromatic rings. The SMILES string of the molecule is CC(=O)O[C@H]1C=C[C@@H](Cl)CC1.O[C@H]1C=C[C@@H](Cl)CC1. The number of aliphatic hydroxyl groups is 1. The van der Waals surface area contributed by atoms with Gasteiger partial charge in [0.15, 0.2) is 0 Å². The topological polar surface area (TPSA) is 46.5 Å². The summed E-state index contributed by atoms with van der Waals surface area (Å²) in [6, 6.07) is 0. The molecule has 2 rings (SSSR count). The van der Waals surface area contributed by atoms with Crippen molar-refractivity contribution < 1.29 is 14.6 Å². The summed E-state index contributed by atoms with van der Waals surface area (Å²) in [5, 5.41) is 9.15. The second kappa shape index (κ2) is 8.62. The van der Waals surface area contributed by atoms with Crippen molar-refractivity contribution in [3.05, 3.63) is 24.3 Å². The number of halogens is 2. The molecule has 19 heavy (non-hydrogen) atoms. The maximum atomic E-state index is 10.5. The van der Waals surface area contributed by atoms with Crippen LogP contribution in [0.15, 0.2) is 24.3 Å². The maximum absolute atomic E-state index is 10.5. The standard InChI is InChI=1S/C8H11ClO2.C6H9ClO/c1-6(10)11-8-4-2-7(9)3-5-8;7-5-1-3-6(8)4-2-5/h2,4,7-8H,3,5H2,1H3;1,3,5-6,8H,2,4H2/t7-,8+;5-,6+/m11/s1. The Morgan fingerprint density at radius 1 is 1.05 bits per heavy atom. The molecule has 1 N–H and O–H groups in total. The molecule has 0 amide bonds. The molecule has 4 atom stereocenters. The summed E-state index contributed by atoms with van der Waals surface area (Å²) in [6.45, 7) is 1.42. The van der Waals surface area contributed by atoms with Gasteiger partial charge in [-0.15, -0.1) is 23.2 Å². The lowest BCUT2D eigenvalue weighted by atomic mass is 10.1. The molecular weight excluding hydrogens is 287 g/mol. The van der Waals surface area contributed by atoms with Gasteiger partial charge in [0.05, 0.1) is 16.9 Å². The average molecular weight is 307 g/mol. The van der Waals surface area contributed by atoms with Crippen LogP contribution in [0.3, 0.4) is 0 Å². The molecule has 2 aliphatic rings. The van der Waals surface area contributed by atoms with Crippen molar-refractivity contribution in [2.24, 2.45) is 0 Å². The molecule has 0 bridgehead atoms. The number of carbonyl (C=O) groups excluding carboxylic acids is 1. The summed E-state index contributed by atoms with van der Waals surface area (Å²) >= 11 is 11.5. The molecular formula is C14H20Cl2O3. The number of carbonyl (C=O) groups is 1. The van der Waals surface area contributed by atoms with Crippen molar-refractivity contribution >= 4 is 29.2 Å². The lowest BCUT2D eigenvalue weighted by molar-refractivity contribution is -0.144. The van der Waals surface area contributed by atoms with Gasteiger partial charge in [0, 0.05) is 6.92 Å². The Kier molecular flexibility index (Phi) is 7.51. The van der Waals surface area contributed by atoms with Crippen LogP contribution in [0.2, 0.25) is 0 Å². The average Bonchev–Trinajstić information content (AvgIpc) is 2.36. The van der Waals surface area contributed by atoms with Crippen LogP contribution >= 0.6 is 23.2 Å². The minimum Gasteiger partial charge on any atom is -0.458 e. The van der Waals surface area contributed by atoms with E-state index in [1.807, 2.05) is 18.2 Å². The van der Waals surface area contributed by atoms with Gasteiger partial charge in [0.25, 0.3) is 0 Å². The van der Waals surface area contributed by atoms with Gasteiger partial charge < -0.3 is 9.84 Å². The van der Waals surface area contributed by atoms with E-state index in [0.717, 1.165) is 25.7 Å². The van der Waals surface area contributed by atoms with E-state index in [9.17, 15) is 4.79 Å². The van der Waals surface area contributed by atoms with Gasteiger partial charge in [-0.3, -0.25) is 4.79 Å². The number of rotatable bonds is 1. The fraction of sp³-hybridized carbons (Fsp3) is 0.643. The smallest absolute Gasteiger partial charge is 0.303 e. The summed E-state index contributed by atoms with van der Waals surface area (Å²) in [5.41, 5.74) is 0. The molecule has 2 aliphatic carbocycles. The molecule has 0 saturated heterocycles. The van der Waals surface area contributed by atoms with Crippen LogP contribution in [-0.4, -0.2) is 34.0 Å². The first-order valence-corrected chi connectivity index (χ1v) is 7.34. The molecule has 0 aliphatic heterocycles. The number of alkyl halides is 2. The first-order valence-electron chi connectivity index (χ1n) is 6.47. The highest BCUT2D eigenvalue weighted by atomic mass is 35.5. The predicted octanol–water partition coefficient (Wildman–Crippen LogP) is 3.18. The quantitative estimate of drug-likeness (QED) is 0.460. The van der Waals surface area contributed by atoms with Gasteiger partial charge in [0.2, 0.25) is 0 Å². The second-order valence-electron chi connectivity index (χ2n) is 4.67. The number of ether oxygens (including phenoxy) is 1. The minimum absolute atomic E-state index is 0.0532. The zero-order chi connectivity index (χ0) is 14.3. The van der Waals surface area contributed by atoms with E-state index in [4.69, 9.17) is 33.0 Å². The van der Waals surface area contributed by atoms with Crippen molar-refractivity contribution in [1.29, 1.82) is 0 Å². The fourth-order valence-corrected chi connectivity index (χ4v) is 2.26. The van der Waals surface area contributed by atoms with Gasteiger partial charge in [-0.2, -0.15) is 0 Å². The van der Waals surface area contributed by atoms with Crippen LogP contribution in [0, 0.1) is 0 Å². The lowest BCUT2D eigenvalue weighted by Crippen LogP contribution is -2.18. The van der Waals surface area contributed by atoms with Crippen LogP contribution in [-0.2, 0) is 9.53 Å². The van der Waals surface area contributed by atoms with Gasteiger partial charge in [-0.1, -0.05) is 18.2 Å². The molecule has 0 aromatic heterocycles. The normalized spacial score (nSPS) is 33.3. The lowest BCUT2D eigenvalue weighted by Gasteiger charge is -2.18. The zero-order valence-electron chi connectivity index (χ0n) is 11.0. The van der Waals surface area contributed by atoms with Crippen molar-refractivity contribution in [3.8, 4) is 0 Å². The van der Waals surface area contributed by atoms with Crippen molar-refractivity contribution in [2.75, 3.05) is 0 Å². The Bertz CT molecular complexity index is 330. The third-order valence-electron chi connectivity index (χ3n) is 2.86. The Labute approximate surface area is 124 Å². The summed E-state index contributed by atoms with van der Waals surface area (Å²) in [7, 11) is 0. The Morgan fingerprint density at radius 3 is 2.00 bits per heavy atom. The number of hydrogen-bond donors (Lipinski definition) is 1. The summed E-state index contributed by atoms with van der Waals surface area (Å²) < 4.78 is 4.96. The third-order valence-corrected chi connectivity index (χ3v) is 3.59. The number of esters is 1. The highest BCUT2D eigenvalue weighted by Gasteiger charge is 2.15. The summed E-state index contributed by atoms with van der Waals surface area (Å²) in [5.74, 6) is -0.229. The first-order chi connectivity index (χ1) is 8.97. The highest BCUT2D eigenvalue weighted by Crippen LogP contribution is 2.18. The van der Waals surface area contributed by atoms with Gasteiger partial charge in [-0.25, -0.2) is 0 Å². The van der Waals surface area contributed by atoms with Gasteiger partial charge in [-0.05, 0) is 31.8 Å². The number of hydrogen-bond acceptors (Lipinski definition) is 3. The van der Waals surface area contributed by atoms with Crippen LogP contribution in [0.4, 0.5) is 0 Å². The molecule has 0 spiro atoms. The predicted molar refractivity (Wildman–Crippen MR) is 77.6 cm³/mol. The van der Waals surface area contributed by atoms with E-state index in [-0.39, 0.29) is 28.9 Å². The van der Waals surface area contributed by atoms with E-state index in [1.165, 1.54) is 6.92 Å². The van der Waals surface area contributed by atoms with Crippen LogP contribution in [0.5, 0.6) is 0 Å². The monoisotopic (exact) mass is 306 g/mol. The zero-order valence-corrected chi connectivity index (χ0v) is 12.5. The van der Waals surface area contributed by atoms with E-state index >= 15 is 0 Å². The van der Waals surface area contributed by atoms with Crippen molar-refractivity contribution in [3.63, 3.8) is 0 Å². The molecule has 0 fully saturated rings. The summed E-state index contributed by atoms with van der Waals surface area (Å²) in [4.78, 5) is 10.5. The van der Waals surface area contributed by atoms with Crippen LogP contribution < -0.4 is 0 Å².